The molecule has 2 aromatic carbocycles. The number of rotatable bonds is 4. The fourth-order valence-electron chi connectivity index (χ4n) is 1.68. The molecule has 0 aromatic heterocycles. The van der Waals surface area contributed by atoms with Crippen LogP contribution in [0.4, 0.5) is 0 Å². The first-order chi connectivity index (χ1) is 9.97. The molecule has 0 aliphatic heterocycles. The van der Waals surface area contributed by atoms with Crippen molar-refractivity contribution in [1.82, 2.24) is 10.9 Å². The van der Waals surface area contributed by atoms with Crippen molar-refractivity contribution in [3.05, 3.63) is 63.7 Å². The zero-order chi connectivity index (χ0) is 15.4. The summed E-state index contributed by atoms with van der Waals surface area (Å²) in [7, 11) is 0. The fourth-order valence-corrected chi connectivity index (χ4v) is 2.22. The predicted octanol–water partition coefficient (Wildman–Crippen LogP) is 2.61. The van der Waals surface area contributed by atoms with Crippen molar-refractivity contribution in [1.29, 1.82) is 0 Å². The predicted molar refractivity (Wildman–Crippen MR) is 88.6 cm³/mol. The summed E-state index contributed by atoms with van der Waals surface area (Å²) in [5.41, 5.74) is 6.35. The molecule has 0 saturated heterocycles. The van der Waals surface area contributed by atoms with E-state index in [4.69, 9.17) is 0 Å². The molecule has 0 radical (unpaired) electrons. The van der Waals surface area contributed by atoms with Crippen LogP contribution in [0.15, 0.2) is 49.0 Å². The SMILES string of the molecule is C=C(NNC(=O)c1cccc(I)c1)c1ccc(O)cc1O. The summed E-state index contributed by atoms with van der Waals surface area (Å²) in [6.45, 7) is 3.73. The highest BCUT2D eigenvalue weighted by Crippen LogP contribution is 2.26. The summed E-state index contributed by atoms with van der Waals surface area (Å²) in [4.78, 5) is 12.0. The second kappa shape index (κ2) is 6.49. The number of aromatic hydroxyl groups is 2. The summed E-state index contributed by atoms with van der Waals surface area (Å²) >= 11 is 2.12. The molecule has 0 aliphatic carbocycles. The first-order valence-corrected chi connectivity index (χ1v) is 7.08. The van der Waals surface area contributed by atoms with Gasteiger partial charge in [-0.3, -0.25) is 15.6 Å². The normalized spacial score (nSPS) is 9.95. The molecule has 0 spiro atoms. The Kier molecular flexibility index (Phi) is 4.69. The average molecular weight is 396 g/mol. The fraction of sp³-hybridized carbons (Fsp3) is 0. The van der Waals surface area contributed by atoms with E-state index in [2.05, 4.69) is 40.0 Å². The van der Waals surface area contributed by atoms with E-state index in [9.17, 15) is 15.0 Å². The standard InChI is InChI=1S/C15H13IN2O3/c1-9(13-6-5-12(19)8-14(13)20)17-18-15(21)10-3-2-4-11(16)7-10/h2-8,17,19-20H,1H2,(H,18,21). The Morgan fingerprint density at radius 1 is 1.10 bits per heavy atom. The highest BCUT2D eigenvalue weighted by molar-refractivity contribution is 14.1. The van der Waals surface area contributed by atoms with E-state index < -0.39 is 0 Å². The van der Waals surface area contributed by atoms with Gasteiger partial charge in [-0.05, 0) is 52.9 Å². The molecule has 0 unspecified atom stereocenters. The summed E-state index contributed by atoms with van der Waals surface area (Å²) in [5.74, 6) is -0.490. The molecule has 0 saturated carbocycles. The van der Waals surface area contributed by atoms with Crippen molar-refractivity contribution >= 4 is 34.2 Å². The van der Waals surface area contributed by atoms with E-state index in [1.165, 1.54) is 18.2 Å². The lowest BCUT2D eigenvalue weighted by Crippen LogP contribution is -2.35. The number of amides is 1. The number of phenols is 2. The van der Waals surface area contributed by atoms with Crippen LogP contribution in [0.5, 0.6) is 11.5 Å². The molecule has 5 nitrogen and oxygen atoms in total. The van der Waals surface area contributed by atoms with Crippen LogP contribution in [0, 0.1) is 3.57 Å². The topological polar surface area (TPSA) is 81.6 Å². The van der Waals surface area contributed by atoms with Gasteiger partial charge in [0, 0.05) is 20.8 Å². The van der Waals surface area contributed by atoms with Crippen LogP contribution in [-0.2, 0) is 0 Å². The molecule has 1 amide bonds. The number of halogens is 1. The monoisotopic (exact) mass is 396 g/mol. The minimum atomic E-state index is -0.312. The van der Waals surface area contributed by atoms with Crippen molar-refractivity contribution < 1.29 is 15.0 Å². The third-order valence-electron chi connectivity index (χ3n) is 2.72. The minimum Gasteiger partial charge on any atom is -0.508 e. The van der Waals surface area contributed by atoms with Gasteiger partial charge in [0.25, 0.3) is 5.91 Å². The van der Waals surface area contributed by atoms with Crippen LogP contribution in [0.2, 0.25) is 0 Å². The summed E-state index contributed by atoms with van der Waals surface area (Å²) in [6.07, 6.45) is 0. The Bertz CT molecular complexity index is 701. The van der Waals surface area contributed by atoms with Gasteiger partial charge in [0.05, 0.1) is 5.70 Å². The van der Waals surface area contributed by atoms with Gasteiger partial charge in [-0.1, -0.05) is 12.6 Å². The van der Waals surface area contributed by atoms with Crippen LogP contribution in [0.25, 0.3) is 5.70 Å². The molecule has 0 fully saturated rings. The van der Waals surface area contributed by atoms with E-state index in [0.717, 1.165) is 3.57 Å². The molecule has 21 heavy (non-hydrogen) atoms. The zero-order valence-electron chi connectivity index (χ0n) is 10.9. The molecule has 4 N–H and O–H groups in total. The number of hydrogen-bond donors (Lipinski definition) is 4. The minimum absolute atomic E-state index is 0.0491. The summed E-state index contributed by atoms with van der Waals surface area (Å²) in [6, 6.07) is 11.2. The highest BCUT2D eigenvalue weighted by atomic mass is 127. The third kappa shape index (κ3) is 3.88. The molecule has 0 heterocycles. The van der Waals surface area contributed by atoms with Gasteiger partial charge in [-0.15, -0.1) is 0 Å². The van der Waals surface area contributed by atoms with Gasteiger partial charge < -0.3 is 10.2 Å². The number of benzene rings is 2. The lowest BCUT2D eigenvalue weighted by Gasteiger charge is -2.12. The van der Waals surface area contributed by atoms with Gasteiger partial charge >= 0.3 is 0 Å². The highest BCUT2D eigenvalue weighted by Gasteiger charge is 2.09. The molecule has 2 aromatic rings. The first kappa shape index (κ1) is 15.2. The number of hydrazine groups is 1. The number of phenolic OH excluding ortho intramolecular Hbond substituents is 2. The molecule has 0 atom stereocenters. The second-order valence-corrected chi connectivity index (χ2v) is 5.52. The second-order valence-electron chi connectivity index (χ2n) is 4.27. The number of carbonyl (C=O) groups excluding carboxylic acids is 1. The van der Waals surface area contributed by atoms with E-state index in [1.54, 1.807) is 18.2 Å². The number of nitrogens with one attached hydrogen (secondary N) is 2. The van der Waals surface area contributed by atoms with E-state index in [0.29, 0.717) is 16.8 Å². The van der Waals surface area contributed by atoms with Gasteiger partial charge in [-0.2, -0.15) is 0 Å². The Balaban J connectivity index is 2.02. The van der Waals surface area contributed by atoms with Crippen molar-refractivity contribution in [2.45, 2.75) is 0 Å². The lowest BCUT2D eigenvalue weighted by atomic mass is 10.1. The van der Waals surface area contributed by atoms with Crippen molar-refractivity contribution in [2.24, 2.45) is 0 Å². The zero-order valence-corrected chi connectivity index (χ0v) is 13.1. The van der Waals surface area contributed by atoms with Crippen LogP contribution in [-0.4, -0.2) is 16.1 Å². The molecular weight excluding hydrogens is 383 g/mol. The third-order valence-corrected chi connectivity index (χ3v) is 3.39. The van der Waals surface area contributed by atoms with Crippen molar-refractivity contribution in [3.63, 3.8) is 0 Å². The summed E-state index contributed by atoms with van der Waals surface area (Å²) in [5, 5.41) is 18.9. The van der Waals surface area contributed by atoms with E-state index in [1.807, 2.05) is 6.07 Å². The van der Waals surface area contributed by atoms with Crippen LogP contribution < -0.4 is 10.9 Å². The molecule has 0 bridgehead atoms. The Hall–Kier alpha value is -2.22. The molecule has 6 heteroatoms. The van der Waals surface area contributed by atoms with Crippen LogP contribution >= 0.6 is 22.6 Å². The van der Waals surface area contributed by atoms with Crippen molar-refractivity contribution in [3.8, 4) is 11.5 Å². The van der Waals surface area contributed by atoms with E-state index in [-0.39, 0.29) is 17.4 Å². The molecule has 108 valence electrons. The maximum Gasteiger partial charge on any atom is 0.269 e. The quantitative estimate of drug-likeness (QED) is 0.473. The molecular formula is C15H13IN2O3. The largest absolute Gasteiger partial charge is 0.508 e. The van der Waals surface area contributed by atoms with Crippen LogP contribution in [0.3, 0.4) is 0 Å². The van der Waals surface area contributed by atoms with Gasteiger partial charge in [0.2, 0.25) is 0 Å². The van der Waals surface area contributed by atoms with E-state index >= 15 is 0 Å². The molecule has 0 aliphatic rings. The molecule has 2 rings (SSSR count). The first-order valence-electron chi connectivity index (χ1n) is 6.00. The maximum absolute atomic E-state index is 12.0. The Labute approximate surface area is 135 Å². The van der Waals surface area contributed by atoms with Crippen molar-refractivity contribution in [2.75, 3.05) is 0 Å². The van der Waals surface area contributed by atoms with Gasteiger partial charge in [0.1, 0.15) is 11.5 Å². The summed E-state index contributed by atoms with van der Waals surface area (Å²) < 4.78 is 0.954. The lowest BCUT2D eigenvalue weighted by molar-refractivity contribution is 0.0942. The van der Waals surface area contributed by atoms with Gasteiger partial charge in [0.15, 0.2) is 0 Å². The number of hydrogen-bond acceptors (Lipinski definition) is 4. The van der Waals surface area contributed by atoms with Gasteiger partial charge in [-0.25, -0.2) is 0 Å². The maximum atomic E-state index is 12.0. The Morgan fingerprint density at radius 3 is 2.52 bits per heavy atom. The number of carbonyl (C=O) groups is 1. The average Bonchev–Trinajstić information content (AvgIpc) is 2.44. The Morgan fingerprint density at radius 2 is 1.86 bits per heavy atom. The smallest absolute Gasteiger partial charge is 0.269 e. The van der Waals surface area contributed by atoms with Crippen LogP contribution in [0.1, 0.15) is 15.9 Å².